The first-order chi connectivity index (χ1) is 13.0. The van der Waals surface area contributed by atoms with Crippen LogP contribution in [0, 0.1) is 0 Å². The van der Waals surface area contributed by atoms with Gasteiger partial charge < -0.3 is 19.3 Å². The van der Waals surface area contributed by atoms with Gasteiger partial charge in [-0.2, -0.15) is 0 Å². The largest absolute Gasteiger partial charge is 0.494 e. The van der Waals surface area contributed by atoms with E-state index >= 15 is 0 Å². The van der Waals surface area contributed by atoms with Crippen LogP contribution in [-0.4, -0.2) is 64.3 Å². The summed E-state index contributed by atoms with van der Waals surface area (Å²) in [7, 11) is 8.35. The summed E-state index contributed by atoms with van der Waals surface area (Å²) < 4.78 is 14.4. The van der Waals surface area contributed by atoms with Crippen molar-refractivity contribution < 1.29 is 9.47 Å². The van der Waals surface area contributed by atoms with Crippen molar-refractivity contribution in [2.45, 2.75) is 12.8 Å². The van der Waals surface area contributed by atoms with Crippen molar-refractivity contribution in [2.75, 3.05) is 54.5 Å². The van der Waals surface area contributed by atoms with Crippen LogP contribution in [0.15, 0.2) is 36.4 Å². The van der Waals surface area contributed by atoms with Gasteiger partial charge in [0.15, 0.2) is 0 Å². The second kappa shape index (κ2) is 9.40. The van der Waals surface area contributed by atoms with E-state index < -0.39 is 0 Å². The highest BCUT2D eigenvalue weighted by atomic mass is 32.1. The number of nitrogens with zero attached hydrogens (tertiary/aromatic N) is 2. The van der Waals surface area contributed by atoms with Crippen LogP contribution in [0.1, 0.15) is 12.8 Å². The Morgan fingerprint density at radius 1 is 0.704 bits per heavy atom. The van der Waals surface area contributed by atoms with Gasteiger partial charge in [-0.3, -0.25) is 0 Å². The highest BCUT2D eigenvalue weighted by Gasteiger charge is 2.08. The van der Waals surface area contributed by atoms with E-state index in [9.17, 15) is 0 Å². The summed E-state index contributed by atoms with van der Waals surface area (Å²) in [5, 5.41) is 2.54. The average molecular weight is 387 g/mol. The zero-order chi connectivity index (χ0) is 19.2. The summed E-state index contributed by atoms with van der Waals surface area (Å²) in [6, 6.07) is 12.8. The zero-order valence-electron chi connectivity index (χ0n) is 16.8. The molecule has 0 bridgehead atoms. The van der Waals surface area contributed by atoms with Gasteiger partial charge in [-0.25, -0.2) is 0 Å². The maximum absolute atomic E-state index is 5.94. The summed E-state index contributed by atoms with van der Waals surface area (Å²) in [6.07, 6.45) is 2.07. The molecular weight excluding hydrogens is 356 g/mol. The molecule has 1 heterocycles. The van der Waals surface area contributed by atoms with E-state index in [0.29, 0.717) is 0 Å². The molecule has 0 aliphatic heterocycles. The number of ether oxygens (including phenoxy) is 2. The molecule has 0 radical (unpaired) electrons. The number of fused-ring (bicyclic) bond motifs is 3. The van der Waals surface area contributed by atoms with Gasteiger partial charge >= 0.3 is 0 Å². The maximum atomic E-state index is 5.94. The van der Waals surface area contributed by atoms with Crippen LogP contribution in [0.5, 0.6) is 11.5 Å². The molecule has 0 saturated heterocycles. The highest BCUT2D eigenvalue weighted by molar-refractivity contribution is 7.25. The molecule has 5 heteroatoms. The first-order valence-electron chi connectivity index (χ1n) is 9.54. The van der Waals surface area contributed by atoms with Crippen molar-refractivity contribution >= 4 is 31.5 Å². The first-order valence-corrected chi connectivity index (χ1v) is 10.4. The van der Waals surface area contributed by atoms with E-state index in [-0.39, 0.29) is 0 Å². The number of hydrogen-bond acceptors (Lipinski definition) is 5. The number of rotatable bonds is 10. The quantitative estimate of drug-likeness (QED) is 0.471. The summed E-state index contributed by atoms with van der Waals surface area (Å²) in [5.41, 5.74) is 0. The van der Waals surface area contributed by atoms with Crippen LogP contribution in [0.3, 0.4) is 0 Å². The second-order valence-electron chi connectivity index (χ2n) is 7.43. The van der Waals surface area contributed by atoms with Crippen molar-refractivity contribution in [3.63, 3.8) is 0 Å². The molecule has 0 N–H and O–H groups in total. The topological polar surface area (TPSA) is 24.9 Å². The lowest BCUT2D eigenvalue weighted by atomic mass is 10.1. The lowest BCUT2D eigenvalue weighted by molar-refractivity contribution is 0.282. The minimum atomic E-state index is 0.747. The summed E-state index contributed by atoms with van der Waals surface area (Å²) in [6.45, 7) is 3.58. The van der Waals surface area contributed by atoms with Gasteiger partial charge in [0.25, 0.3) is 0 Å². The van der Waals surface area contributed by atoms with Gasteiger partial charge in [-0.05, 0) is 77.4 Å². The average Bonchev–Trinajstić information content (AvgIpc) is 2.99. The van der Waals surface area contributed by atoms with Crippen molar-refractivity contribution in [3.8, 4) is 11.5 Å². The van der Waals surface area contributed by atoms with Crippen LogP contribution in [-0.2, 0) is 0 Å². The van der Waals surface area contributed by atoms with Crippen LogP contribution < -0.4 is 9.47 Å². The minimum absolute atomic E-state index is 0.747. The van der Waals surface area contributed by atoms with Crippen LogP contribution in [0.4, 0.5) is 0 Å². The predicted octanol–water partition coefficient (Wildman–Crippen LogP) is 4.72. The van der Waals surface area contributed by atoms with E-state index in [2.05, 4.69) is 74.4 Å². The standard InChI is InChI=1S/C22H30N2O2S/c1-23(2)11-5-13-25-17-8-10-21-20(15-17)19-9-7-18(16-22(19)27-21)26-14-6-12-24(3)4/h7-10,15-16H,5-6,11-14H2,1-4H3. The minimum Gasteiger partial charge on any atom is -0.494 e. The van der Waals surface area contributed by atoms with Crippen LogP contribution in [0.25, 0.3) is 20.2 Å². The first kappa shape index (κ1) is 19.9. The SMILES string of the molecule is CN(C)CCCOc1ccc2c(c1)sc1ccc(OCCCN(C)C)cc12. The Hall–Kier alpha value is -1.82. The van der Waals surface area contributed by atoms with Gasteiger partial charge in [-0.15, -0.1) is 11.3 Å². The molecule has 1 aromatic heterocycles. The van der Waals surface area contributed by atoms with Crippen molar-refractivity contribution in [2.24, 2.45) is 0 Å². The monoisotopic (exact) mass is 386 g/mol. The highest BCUT2D eigenvalue weighted by Crippen LogP contribution is 2.37. The van der Waals surface area contributed by atoms with Gasteiger partial charge in [0.1, 0.15) is 11.5 Å². The van der Waals surface area contributed by atoms with E-state index in [4.69, 9.17) is 9.47 Å². The fourth-order valence-electron chi connectivity index (χ4n) is 3.06. The van der Waals surface area contributed by atoms with E-state index in [1.165, 1.54) is 20.2 Å². The Kier molecular flexibility index (Phi) is 6.94. The Bertz CT molecular complexity index is 873. The molecule has 2 aromatic carbocycles. The van der Waals surface area contributed by atoms with Gasteiger partial charge in [0, 0.05) is 33.3 Å². The summed E-state index contributed by atoms with van der Waals surface area (Å²) in [4.78, 5) is 4.36. The lowest BCUT2D eigenvalue weighted by Crippen LogP contribution is -2.15. The molecule has 0 spiro atoms. The summed E-state index contributed by atoms with van der Waals surface area (Å²) >= 11 is 1.81. The smallest absolute Gasteiger partial charge is 0.120 e. The molecule has 0 unspecified atom stereocenters. The fourth-order valence-corrected chi connectivity index (χ4v) is 4.17. The molecular formula is C22H30N2O2S. The predicted molar refractivity (Wildman–Crippen MR) is 117 cm³/mol. The number of hydrogen-bond donors (Lipinski definition) is 0. The molecule has 4 nitrogen and oxygen atoms in total. The second-order valence-corrected chi connectivity index (χ2v) is 8.51. The van der Waals surface area contributed by atoms with Crippen LogP contribution >= 0.6 is 11.3 Å². The molecule has 0 saturated carbocycles. The Balaban J connectivity index is 1.68. The lowest BCUT2D eigenvalue weighted by Gasteiger charge is -2.10. The Morgan fingerprint density at radius 2 is 1.30 bits per heavy atom. The number of benzene rings is 2. The summed E-state index contributed by atoms with van der Waals surface area (Å²) in [5.74, 6) is 1.90. The molecule has 0 amide bonds. The van der Waals surface area contributed by atoms with Gasteiger partial charge in [-0.1, -0.05) is 0 Å². The molecule has 0 aliphatic rings. The molecule has 27 heavy (non-hydrogen) atoms. The van der Waals surface area contributed by atoms with Crippen LogP contribution in [0.2, 0.25) is 0 Å². The van der Waals surface area contributed by atoms with Gasteiger partial charge in [0.2, 0.25) is 0 Å². The fraction of sp³-hybridized carbons (Fsp3) is 0.455. The Labute approximate surface area is 166 Å². The number of thiophene rings is 1. The molecule has 0 fully saturated rings. The van der Waals surface area contributed by atoms with Gasteiger partial charge in [0.05, 0.1) is 13.2 Å². The van der Waals surface area contributed by atoms with Crippen molar-refractivity contribution in [1.82, 2.24) is 9.80 Å². The van der Waals surface area contributed by atoms with E-state index in [0.717, 1.165) is 50.6 Å². The third-order valence-electron chi connectivity index (χ3n) is 4.45. The molecule has 0 atom stereocenters. The van der Waals surface area contributed by atoms with Crippen molar-refractivity contribution in [1.29, 1.82) is 0 Å². The molecule has 3 rings (SSSR count). The third kappa shape index (κ3) is 5.58. The molecule has 3 aromatic rings. The molecule has 0 aliphatic carbocycles. The zero-order valence-corrected chi connectivity index (χ0v) is 17.6. The third-order valence-corrected chi connectivity index (χ3v) is 5.58. The van der Waals surface area contributed by atoms with E-state index in [1.807, 2.05) is 11.3 Å². The van der Waals surface area contributed by atoms with Crippen molar-refractivity contribution in [3.05, 3.63) is 36.4 Å². The Morgan fingerprint density at radius 3 is 1.93 bits per heavy atom. The maximum Gasteiger partial charge on any atom is 0.120 e. The normalized spacial score (nSPS) is 11.8. The van der Waals surface area contributed by atoms with E-state index in [1.54, 1.807) is 0 Å². The molecule has 146 valence electrons.